The zero-order valence-electron chi connectivity index (χ0n) is 22.5. The molecule has 3 aromatic rings. The van der Waals surface area contributed by atoms with E-state index in [-0.39, 0.29) is 12.1 Å². The zero-order chi connectivity index (χ0) is 31.4. The van der Waals surface area contributed by atoms with E-state index in [1.54, 1.807) is 48.5 Å². The molecule has 43 heavy (non-hydrogen) atoms. The van der Waals surface area contributed by atoms with E-state index in [0.717, 1.165) is 22.7 Å². The van der Waals surface area contributed by atoms with Gasteiger partial charge in [0.2, 0.25) is 11.8 Å². The fraction of sp³-hybridized carbons (Fsp3) is 0.103. The number of rotatable bonds is 13. The third-order valence-electron chi connectivity index (χ3n) is 5.74. The molecule has 0 aliphatic rings. The number of carbonyl (C=O) groups excluding carboxylic acids is 3. The van der Waals surface area contributed by atoms with Crippen molar-refractivity contribution in [2.45, 2.75) is 12.5 Å². The van der Waals surface area contributed by atoms with Gasteiger partial charge in [-0.15, -0.1) is 5.10 Å². The first kappa shape index (κ1) is 32.1. The van der Waals surface area contributed by atoms with Crippen molar-refractivity contribution in [2.24, 2.45) is 16.0 Å². The van der Waals surface area contributed by atoms with Gasteiger partial charge >= 0.3 is 5.97 Å². The molecule has 14 heteroatoms. The van der Waals surface area contributed by atoms with Gasteiger partial charge in [-0.1, -0.05) is 41.9 Å². The second kappa shape index (κ2) is 15.6. The molecule has 0 saturated heterocycles. The van der Waals surface area contributed by atoms with E-state index in [1.807, 2.05) is 0 Å². The number of carboxylic acids is 1. The molecule has 0 aromatic heterocycles. The molecule has 0 bridgehead atoms. The number of nitrogens with zero attached hydrogens (tertiary/aromatic N) is 3. The molecule has 12 nitrogen and oxygen atoms in total. The van der Waals surface area contributed by atoms with Crippen LogP contribution in [0.5, 0.6) is 0 Å². The van der Waals surface area contributed by atoms with Crippen LogP contribution >= 0.6 is 11.6 Å². The Labute approximate surface area is 250 Å². The highest BCUT2D eigenvalue weighted by atomic mass is 35.5. The van der Waals surface area contributed by atoms with Crippen molar-refractivity contribution in [1.29, 1.82) is 0 Å². The van der Waals surface area contributed by atoms with E-state index in [1.165, 1.54) is 24.6 Å². The standard InChI is InChI=1S/C29H27ClFN7O5/c1-33-35-17-38(32)25-11-8-20(30)14-19(25)7-12-26(39)37-24(13-18-5-3-2-4-6-18)29(43)36-21-9-10-22(23(31)15-21)28(42)34-16-27(40)41/h2-12,14-15,17,24H,1,13,16,32H2,(H,34,42)(H,36,43)(H,37,39)(H,40,41)/b12-7+,35-17-/t24-/m0/s1. The molecule has 0 unspecified atom stereocenters. The smallest absolute Gasteiger partial charge is 0.322 e. The largest absolute Gasteiger partial charge is 0.480 e. The molecular formula is C29H27ClFN7O5. The number of nitrogens with one attached hydrogen (secondary N) is 3. The number of amides is 3. The summed E-state index contributed by atoms with van der Waals surface area (Å²) in [4.78, 5) is 48.9. The van der Waals surface area contributed by atoms with Gasteiger partial charge in [0.05, 0.1) is 11.3 Å². The van der Waals surface area contributed by atoms with Crippen molar-refractivity contribution < 1.29 is 28.7 Å². The number of hydrazine groups is 1. The van der Waals surface area contributed by atoms with Gasteiger partial charge < -0.3 is 21.1 Å². The summed E-state index contributed by atoms with van der Waals surface area (Å²) in [7, 11) is 0. The summed E-state index contributed by atoms with van der Waals surface area (Å²) in [5.74, 6) is 1.50. The SMILES string of the molecule is C=N/N=C\N(N)c1ccc(Cl)cc1/C=C/C(=O)N[C@@H](Cc1ccccc1)C(=O)Nc1ccc(C(=O)NCC(=O)O)c(F)c1. The number of hydrogen-bond donors (Lipinski definition) is 5. The number of carboxylic acid groups (broad SMARTS) is 1. The minimum Gasteiger partial charge on any atom is -0.480 e. The molecule has 0 fully saturated rings. The van der Waals surface area contributed by atoms with E-state index in [2.05, 4.69) is 32.9 Å². The zero-order valence-corrected chi connectivity index (χ0v) is 23.3. The van der Waals surface area contributed by atoms with Gasteiger partial charge in [0.25, 0.3) is 5.91 Å². The first-order valence-electron chi connectivity index (χ1n) is 12.5. The maximum atomic E-state index is 14.6. The summed E-state index contributed by atoms with van der Waals surface area (Å²) >= 11 is 6.12. The van der Waals surface area contributed by atoms with Crippen LogP contribution < -0.4 is 26.8 Å². The van der Waals surface area contributed by atoms with Crippen molar-refractivity contribution in [2.75, 3.05) is 16.9 Å². The summed E-state index contributed by atoms with van der Waals surface area (Å²) in [6, 6.07) is 15.9. The molecule has 222 valence electrons. The molecule has 0 aliphatic heterocycles. The molecule has 3 rings (SSSR count). The Kier molecular flexibility index (Phi) is 11.6. The van der Waals surface area contributed by atoms with Crippen LogP contribution in [0.25, 0.3) is 6.08 Å². The van der Waals surface area contributed by atoms with Gasteiger partial charge in [-0.25, -0.2) is 10.2 Å². The highest BCUT2D eigenvalue weighted by molar-refractivity contribution is 6.30. The lowest BCUT2D eigenvalue weighted by atomic mass is 10.0. The molecule has 0 saturated carbocycles. The molecule has 3 amide bonds. The summed E-state index contributed by atoms with van der Waals surface area (Å²) in [5.41, 5.74) is 1.27. The fourth-order valence-corrected chi connectivity index (χ4v) is 3.93. The number of hydrogen-bond acceptors (Lipinski definition) is 7. The molecule has 0 radical (unpaired) electrons. The van der Waals surface area contributed by atoms with E-state index < -0.39 is 47.7 Å². The van der Waals surface area contributed by atoms with Crippen LogP contribution in [0.4, 0.5) is 15.8 Å². The van der Waals surface area contributed by atoms with Crippen LogP contribution in [-0.2, 0) is 20.8 Å². The Morgan fingerprint density at radius 2 is 1.84 bits per heavy atom. The fourth-order valence-electron chi connectivity index (χ4n) is 3.75. The number of aliphatic carboxylic acids is 1. The van der Waals surface area contributed by atoms with Crippen molar-refractivity contribution >= 4 is 65.8 Å². The van der Waals surface area contributed by atoms with Gasteiger partial charge in [-0.05, 0) is 48.0 Å². The number of benzene rings is 3. The second-order valence-corrected chi connectivity index (χ2v) is 9.26. The average Bonchev–Trinajstić information content (AvgIpc) is 2.98. The number of halogens is 2. The lowest BCUT2D eigenvalue weighted by molar-refractivity contribution is -0.135. The van der Waals surface area contributed by atoms with E-state index in [0.29, 0.717) is 16.3 Å². The Morgan fingerprint density at radius 1 is 1.09 bits per heavy atom. The van der Waals surface area contributed by atoms with Crippen molar-refractivity contribution in [3.05, 3.63) is 100 Å². The summed E-state index contributed by atoms with van der Waals surface area (Å²) in [6.07, 6.45) is 3.97. The van der Waals surface area contributed by atoms with Crippen molar-refractivity contribution in [1.82, 2.24) is 10.6 Å². The second-order valence-electron chi connectivity index (χ2n) is 8.83. The molecule has 0 aliphatic carbocycles. The molecular weight excluding hydrogens is 581 g/mol. The van der Waals surface area contributed by atoms with Gasteiger partial charge in [-0.3, -0.25) is 24.2 Å². The van der Waals surface area contributed by atoms with Gasteiger partial charge in [0.15, 0.2) is 0 Å². The number of nitrogens with two attached hydrogens (primary N) is 1. The van der Waals surface area contributed by atoms with Crippen LogP contribution in [0.1, 0.15) is 21.5 Å². The molecule has 0 spiro atoms. The Hall–Kier alpha value is -5.40. The van der Waals surface area contributed by atoms with E-state index in [9.17, 15) is 23.6 Å². The Morgan fingerprint density at radius 3 is 2.51 bits per heavy atom. The first-order chi connectivity index (χ1) is 20.6. The van der Waals surface area contributed by atoms with Crippen LogP contribution in [0.2, 0.25) is 5.02 Å². The maximum Gasteiger partial charge on any atom is 0.322 e. The maximum absolute atomic E-state index is 14.6. The quantitative estimate of drug-likeness (QED) is 0.0651. The van der Waals surface area contributed by atoms with Gasteiger partial charge in [0.1, 0.15) is 24.7 Å². The third kappa shape index (κ3) is 9.88. The minimum absolute atomic E-state index is 0.0161. The van der Waals surface area contributed by atoms with Crippen LogP contribution in [0, 0.1) is 5.82 Å². The highest BCUT2D eigenvalue weighted by Crippen LogP contribution is 2.24. The summed E-state index contributed by atoms with van der Waals surface area (Å²) < 4.78 is 14.6. The molecule has 6 N–H and O–H groups in total. The highest BCUT2D eigenvalue weighted by Gasteiger charge is 2.22. The predicted octanol–water partition coefficient (Wildman–Crippen LogP) is 3.00. The van der Waals surface area contributed by atoms with Crippen molar-refractivity contribution in [3.63, 3.8) is 0 Å². The van der Waals surface area contributed by atoms with E-state index >= 15 is 0 Å². The van der Waals surface area contributed by atoms with Gasteiger partial charge in [-0.2, -0.15) is 5.10 Å². The van der Waals surface area contributed by atoms with Crippen molar-refractivity contribution in [3.8, 4) is 0 Å². The van der Waals surface area contributed by atoms with E-state index in [4.69, 9.17) is 22.6 Å². The monoisotopic (exact) mass is 607 g/mol. The Balaban J connectivity index is 1.79. The van der Waals surface area contributed by atoms with Crippen LogP contribution in [0.3, 0.4) is 0 Å². The number of anilines is 2. The first-order valence-corrected chi connectivity index (χ1v) is 12.9. The van der Waals surface area contributed by atoms with Gasteiger partial charge in [0, 0.05) is 35.5 Å². The lowest BCUT2D eigenvalue weighted by Gasteiger charge is -2.18. The molecule has 3 aromatic carbocycles. The predicted molar refractivity (Wildman–Crippen MR) is 162 cm³/mol. The third-order valence-corrected chi connectivity index (χ3v) is 5.97. The van der Waals surface area contributed by atoms with Crippen LogP contribution in [0.15, 0.2) is 83.0 Å². The summed E-state index contributed by atoms with van der Waals surface area (Å²) in [5, 5.41) is 24.5. The topological polar surface area (TPSA) is 179 Å². The molecule has 1 atom stereocenters. The number of carbonyl (C=O) groups is 4. The normalized spacial score (nSPS) is 11.6. The summed E-state index contributed by atoms with van der Waals surface area (Å²) in [6.45, 7) is 2.56. The van der Waals surface area contributed by atoms with Crippen LogP contribution in [-0.4, -0.2) is 54.4 Å². The average molecular weight is 608 g/mol. The Bertz CT molecular complexity index is 1570. The molecule has 0 heterocycles. The lowest BCUT2D eigenvalue weighted by Crippen LogP contribution is -2.44. The minimum atomic E-state index is -1.29.